The summed E-state index contributed by atoms with van der Waals surface area (Å²) in [5.74, 6) is 0.251. The maximum Gasteiger partial charge on any atom is 0.265 e. The van der Waals surface area contributed by atoms with Crippen LogP contribution in [0.15, 0.2) is 42.7 Å². The van der Waals surface area contributed by atoms with Crippen molar-refractivity contribution in [2.75, 3.05) is 36.7 Å². The summed E-state index contributed by atoms with van der Waals surface area (Å²) in [4.78, 5) is 32.7. The maximum atomic E-state index is 12.6. The lowest BCUT2D eigenvalue weighted by molar-refractivity contribution is -0.116. The Bertz CT molecular complexity index is 1190. The lowest BCUT2D eigenvalue weighted by Crippen LogP contribution is -2.19. The zero-order valence-corrected chi connectivity index (χ0v) is 18.7. The molecule has 0 aliphatic rings. The Morgan fingerprint density at radius 1 is 1.13 bits per heavy atom. The number of thiophene rings is 1. The van der Waals surface area contributed by atoms with Crippen LogP contribution in [0, 0.1) is 0 Å². The van der Waals surface area contributed by atoms with Gasteiger partial charge in [-0.15, -0.1) is 11.3 Å². The van der Waals surface area contributed by atoms with Crippen molar-refractivity contribution in [3.63, 3.8) is 0 Å². The van der Waals surface area contributed by atoms with E-state index in [2.05, 4.69) is 20.7 Å². The molecule has 0 aliphatic heterocycles. The number of ether oxygens (including phenoxy) is 1. The molecule has 160 valence electrons. The number of carbonyl (C=O) groups is 2. The van der Waals surface area contributed by atoms with Gasteiger partial charge in [0, 0.05) is 26.0 Å². The number of amides is 2. The van der Waals surface area contributed by atoms with E-state index in [0.29, 0.717) is 22.0 Å². The number of hydrogen-bond donors (Lipinski definition) is 2. The number of methoxy groups -OCH3 is 1. The average Bonchev–Trinajstić information content (AvgIpc) is 3.43. The van der Waals surface area contributed by atoms with Crippen molar-refractivity contribution in [2.24, 2.45) is 0 Å². The molecule has 11 heteroatoms. The lowest BCUT2D eigenvalue weighted by atomic mass is 10.3. The Kier molecular flexibility index (Phi) is 5.87. The quantitative estimate of drug-likeness (QED) is 0.441. The van der Waals surface area contributed by atoms with Crippen LogP contribution in [0.4, 0.5) is 16.5 Å². The van der Waals surface area contributed by atoms with Crippen LogP contribution in [-0.2, 0) is 11.3 Å². The summed E-state index contributed by atoms with van der Waals surface area (Å²) in [6, 6.07) is 8.89. The van der Waals surface area contributed by atoms with Crippen molar-refractivity contribution in [3.05, 3.63) is 47.6 Å². The van der Waals surface area contributed by atoms with Crippen LogP contribution in [0.2, 0.25) is 0 Å². The molecule has 0 spiro atoms. The molecular formula is C20H20N6O3S2. The Balaban J connectivity index is 1.35. The number of rotatable bonds is 7. The third kappa shape index (κ3) is 4.84. The normalized spacial score (nSPS) is 10.8. The number of anilines is 3. The number of nitrogens with one attached hydrogen (secondary N) is 2. The maximum absolute atomic E-state index is 12.6. The van der Waals surface area contributed by atoms with Crippen molar-refractivity contribution in [1.82, 2.24) is 14.8 Å². The van der Waals surface area contributed by atoms with Gasteiger partial charge < -0.3 is 20.3 Å². The standard InChI is InChI=1S/C20H20N6O3S2/c1-25(2)20-24-19-16(31-20)8-15(30-19)18(28)23-13-9-21-26(10-13)11-17(27)22-12-4-6-14(29-3)7-5-12/h4-10H,11H2,1-3H3,(H,22,27)(H,23,28). The number of aromatic nitrogens is 3. The minimum atomic E-state index is -0.233. The summed E-state index contributed by atoms with van der Waals surface area (Å²) < 4.78 is 7.54. The fraction of sp³-hybridized carbons (Fsp3) is 0.200. The van der Waals surface area contributed by atoms with Gasteiger partial charge in [-0.1, -0.05) is 11.3 Å². The van der Waals surface area contributed by atoms with E-state index >= 15 is 0 Å². The van der Waals surface area contributed by atoms with E-state index in [1.54, 1.807) is 48.9 Å². The lowest BCUT2D eigenvalue weighted by Gasteiger charge is -2.06. The second-order valence-corrected chi connectivity index (χ2v) is 8.87. The summed E-state index contributed by atoms with van der Waals surface area (Å²) in [7, 11) is 5.45. The monoisotopic (exact) mass is 456 g/mol. The molecule has 4 rings (SSSR count). The Labute approximate surface area is 186 Å². The third-order valence-electron chi connectivity index (χ3n) is 4.25. The molecule has 2 amide bonds. The van der Waals surface area contributed by atoms with E-state index in [9.17, 15) is 9.59 Å². The topological polar surface area (TPSA) is 101 Å². The van der Waals surface area contributed by atoms with Gasteiger partial charge in [-0.25, -0.2) is 4.98 Å². The summed E-state index contributed by atoms with van der Waals surface area (Å²) >= 11 is 2.89. The molecule has 1 aromatic carbocycles. The summed E-state index contributed by atoms with van der Waals surface area (Å²) in [6.07, 6.45) is 3.13. The molecule has 0 saturated heterocycles. The molecule has 2 N–H and O–H groups in total. The largest absolute Gasteiger partial charge is 0.497 e. The van der Waals surface area contributed by atoms with Crippen molar-refractivity contribution < 1.29 is 14.3 Å². The van der Waals surface area contributed by atoms with Crippen molar-refractivity contribution in [2.45, 2.75) is 6.54 Å². The highest BCUT2D eigenvalue weighted by Gasteiger charge is 2.16. The van der Waals surface area contributed by atoms with Crippen molar-refractivity contribution in [1.29, 1.82) is 0 Å². The molecule has 0 atom stereocenters. The predicted molar refractivity (Wildman–Crippen MR) is 124 cm³/mol. The van der Waals surface area contributed by atoms with E-state index < -0.39 is 0 Å². The molecule has 9 nitrogen and oxygen atoms in total. The van der Waals surface area contributed by atoms with Crippen LogP contribution in [0.3, 0.4) is 0 Å². The van der Waals surface area contributed by atoms with E-state index in [0.717, 1.165) is 14.7 Å². The zero-order valence-electron chi connectivity index (χ0n) is 17.1. The summed E-state index contributed by atoms with van der Waals surface area (Å²) in [5, 5.41) is 10.7. The Morgan fingerprint density at radius 2 is 1.90 bits per heavy atom. The van der Waals surface area contributed by atoms with Gasteiger partial charge >= 0.3 is 0 Å². The molecule has 3 aromatic heterocycles. The number of nitrogens with zero attached hydrogens (tertiary/aromatic N) is 4. The van der Waals surface area contributed by atoms with Gasteiger partial charge in [0.1, 0.15) is 17.1 Å². The van der Waals surface area contributed by atoms with Crippen LogP contribution in [-0.4, -0.2) is 47.8 Å². The number of benzene rings is 1. The average molecular weight is 457 g/mol. The van der Waals surface area contributed by atoms with Crippen LogP contribution in [0.5, 0.6) is 5.75 Å². The molecule has 0 aliphatic carbocycles. The van der Waals surface area contributed by atoms with Gasteiger partial charge in [0.25, 0.3) is 5.91 Å². The number of fused-ring (bicyclic) bond motifs is 1. The molecule has 0 bridgehead atoms. The zero-order chi connectivity index (χ0) is 22.0. The number of hydrogen-bond acceptors (Lipinski definition) is 8. The molecule has 3 heterocycles. The smallest absolute Gasteiger partial charge is 0.265 e. The second-order valence-electron chi connectivity index (χ2n) is 6.83. The first-order chi connectivity index (χ1) is 14.9. The summed E-state index contributed by atoms with van der Waals surface area (Å²) in [6.45, 7) is 0.0217. The predicted octanol–water partition coefficient (Wildman–Crippen LogP) is 3.52. The highest BCUT2D eigenvalue weighted by atomic mass is 32.1. The minimum Gasteiger partial charge on any atom is -0.497 e. The fourth-order valence-electron chi connectivity index (χ4n) is 2.76. The van der Waals surface area contributed by atoms with E-state index in [1.165, 1.54) is 22.2 Å². The molecule has 4 aromatic rings. The first-order valence-corrected chi connectivity index (χ1v) is 10.9. The Hall–Kier alpha value is -3.44. The minimum absolute atomic E-state index is 0.0217. The van der Waals surface area contributed by atoms with Crippen LogP contribution >= 0.6 is 22.7 Å². The first-order valence-electron chi connectivity index (χ1n) is 9.26. The van der Waals surface area contributed by atoms with Gasteiger partial charge in [0.05, 0.1) is 28.6 Å². The first kappa shape index (κ1) is 20.8. The number of thiazole rings is 1. The second kappa shape index (κ2) is 8.74. The van der Waals surface area contributed by atoms with E-state index in [-0.39, 0.29) is 18.4 Å². The third-order valence-corrected chi connectivity index (χ3v) is 6.58. The number of carbonyl (C=O) groups excluding carboxylic acids is 2. The molecule has 0 radical (unpaired) electrons. The molecular weight excluding hydrogens is 436 g/mol. The van der Waals surface area contributed by atoms with Gasteiger partial charge in [-0.2, -0.15) is 5.10 Å². The van der Waals surface area contributed by atoms with E-state index in [4.69, 9.17) is 4.74 Å². The van der Waals surface area contributed by atoms with Crippen molar-refractivity contribution >= 4 is 60.5 Å². The van der Waals surface area contributed by atoms with Gasteiger partial charge in [-0.3, -0.25) is 14.3 Å². The van der Waals surface area contributed by atoms with Crippen LogP contribution in [0.25, 0.3) is 9.53 Å². The molecule has 31 heavy (non-hydrogen) atoms. The van der Waals surface area contributed by atoms with E-state index in [1.807, 2.05) is 25.1 Å². The highest BCUT2D eigenvalue weighted by molar-refractivity contribution is 7.29. The molecule has 0 saturated carbocycles. The van der Waals surface area contributed by atoms with Crippen LogP contribution < -0.4 is 20.3 Å². The van der Waals surface area contributed by atoms with Gasteiger partial charge in [0.15, 0.2) is 5.13 Å². The highest BCUT2D eigenvalue weighted by Crippen LogP contribution is 2.34. The fourth-order valence-corrected chi connectivity index (χ4v) is 4.79. The van der Waals surface area contributed by atoms with Gasteiger partial charge in [0.2, 0.25) is 5.91 Å². The molecule has 0 fully saturated rings. The summed E-state index contributed by atoms with van der Waals surface area (Å²) in [5.41, 5.74) is 1.18. The van der Waals surface area contributed by atoms with Crippen molar-refractivity contribution in [3.8, 4) is 5.75 Å². The molecule has 0 unspecified atom stereocenters. The van der Waals surface area contributed by atoms with Crippen LogP contribution in [0.1, 0.15) is 9.67 Å². The SMILES string of the molecule is COc1ccc(NC(=O)Cn2cc(NC(=O)c3cc4sc(N(C)C)nc4s3)cn2)cc1. The van der Waals surface area contributed by atoms with Gasteiger partial charge in [-0.05, 0) is 30.3 Å². The Morgan fingerprint density at radius 3 is 2.58 bits per heavy atom.